The van der Waals surface area contributed by atoms with E-state index in [1.165, 1.54) is 11.1 Å². The maximum atomic E-state index is 3.84. The summed E-state index contributed by atoms with van der Waals surface area (Å²) in [6.45, 7) is 2.75. The first-order valence-electron chi connectivity index (χ1n) is 4.23. The van der Waals surface area contributed by atoms with Crippen LogP contribution in [0.3, 0.4) is 0 Å². The maximum absolute atomic E-state index is 3.84. The summed E-state index contributed by atoms with van der Waals surface area (Å²) in [6, 6.07) is 8.30. The van der Waals surface area contributed by atoms with Gasteiger partial charge in [-0.15, -0.1) is 5.10 Å². The molecule has 4 nitrogen and oxygen atoms in total. The van der Waals surface area contributed by atoms with Gasteiger partial charge >= 0.3 is 0 Å². The van der Waals surface area contributed by atoms with Crippen molar-refractivity contribution in [3.63, 3.8) is 0 Å². The number of aromatic nitrogens is 4. The summed E-state index contributed by atoms with van der Waals surface area (Å²) in [4.78, 5) is 0. The molecule has 2 aromatic rings. The van der Waals surface area contributed by atoms with E-state index in [4.69, 9.17) is 0 Å². The highest BCUT2D eigenvalue weighted by molar-refractivity contribution is 9.10. The molecule has 72 valence electrons. The maximum Gasteiger partial charge on any atom is 0.218 e. The van der Waals surface area contributed by atoms with Crippen LogP contribution in [0.25, 0.3) is 0 Å². The highest BCUT2D eigenvalue weighted by atomic mass is 79.9. The lowest BCUT2D eigenvalue weighted by Crippen LogP contribution is -2.02. The highest BCUT2D eigenvalue weighted by Crippen LogP contribution is 2.08. The number of nitrogens with zero attached hydrogens (tertiary/aromatic N) is 4. The predicted molar refractivity (Wildman–Crippen MR) is 55.8 cm³/mol. The minimum Gasteiger partial charge on any atom is -0.216 e. The first-order valence-corrected chi connectivity index (χ1v) is 5.02. The molecule has 0 aliphatic heterocycles. The summed E-state index contributed by atoms with van der Waals surface area (Å²) in [7, 11) is 0. The topological polar surface area (TPSA) is 43.6 Å². The number of benzene rings is 1. The third kappa shape index (κ3) is 1.98. The van der Waals surface area contributed by atoms with Crippen LogP contribution in [0.15, 0.2) is 29.0 Å². The molecule has 1 aromatic heterocycles. The van der Waals surface area contributed by atoms with E-state index in [9.17, 15) is 0 Å². The van der Waals surface area contributed by atoms with Gasteiger partial charge < -0.3 is 0 Å². The summed E-state index contributed by atoms with van der Waals surface area (Å²) in [5.41, 5.74) is 2.44. The number of hydrogen-bond donors (Lipinski definition) is 0. The Bertz CT molecular complexity index is 421. The lowest BCUT2D eigenvalue weighted by molar-refractivity contribution is 0.637. The Balaban J connectivity index is 2.19. The van der Waals surface area contributed by atoms with E-state index in [1.807, 2.05) is 0 Å². The number of aryl methyl sites for hydroxylation is 1. The molecule has 1 aromatic carbocycles. The first-order chi connectivity index (χ1) is 6.75. The van der Waals surface area contributed by atoms with E-state index in [2.05, 4.69) is 62.6 Å². The first kappa shape index (κ1) is 9.33. The third-order valence-corrected chi connectivity index (χ3v) is 2.51. The van der Waals surface area contributed by atoms with Gasteiger partial charge in [-0.05, 0) is 38.8 Å². The van der Waals surface area contributed by atoms with Gasteiger partial charge in [-0.25, -0.2) is 4.68 Å². The molecule has 0 saturated heterocycles. The predicted octanol–water partition coefficient (Wildman–Crippen LogP) is 1.79. The van der Waals surface area contributed by atoms with Crippen molar-refractivity contribution in [1.29, 1.82) is 0 Å². The summed E-state index contributed by atoms with van der Waals surface area (Å²) < 4.78 is 2.35. The molecule has 0 unspecified atom stereocenters. The monoisotopic (exact) mass is 252 g/mol. The second-order valence-electron chi connectivity index (χ2n) is 3.09. The van der Waals surface area contributed by atoms with E-state index < -0.39 is 0 Å². The van der Waals surface area contributed by atoms with Crippen LogP contribution in [0.4, 0.5) is 0 Å². The molecule has 14 heavy (non-hydrogen) atoms. The Kier molecular flexibility index (Phi) is 2.58. The lowest BCUT2D eigenvalue weighted by Gasteiger charge is -2.01. The van der Waals surface area contributed by atoms with E-state index in [-0.39, 0.29) is 0 Å². The molecule has 0 atom stereocenters. The Morgan fingerprint density at radius 3 is 2.57 bits per heavy atom. The van der Waals surface area contributed by atoms with Crippen LogP contribution in [0, 0.1) is 6.92 Å². The zero-order valence-electron chi connectivity index (χ0n) is 7.68. The standard InChI is InChI=1S/C9H9BrN4/c1-7-2-4-8(5-3-7)6-14-9(10)11-12-13-14/h2-5H,6H2,1H3. The van der Waals surface area contributed by atoms with Crippen LogP contribution in [-0.4, -0.2) is 20.2 Å². The summed E-state index contributed by atoms with van der Waals surface area (Å²) >= 11 is 3.27. The van der Waals surface area contributed by atoms with E-state index >= 15 is 0 Å². The van der Waals surface area contributed by atoms with Crippen LogP contribution in [0.1, 0.15) is 11.1 Å². The average molecular weight is 253 g/mol. The number of hydrogen-bond acceptors (Lipinski definition) is 3. The Morgan fingerprint density at radius 1 is 1.29 bits per heavy atom. The largest absolute Gasteiger partial charge is 0.218 e. The van der Waals surface area contributed by atoms with Gasteiger partial charge in [-0.3, -0.25) is 0 Å². The molecule has 0 fully saturated rings. The second-order valence-corrected chi connectivity index (χ2v) is 3.80. The lowest BCUT2D eigenvalue weighted by atomic mass is 10.1. The van der Waals surface area contributed by atoms with Crippen molar-refractivity contribution in [3.8, 4) is 0 Å². The third-order valence-electron chi connectivity index (χ3n) is 1.94. The molecule has 0 aliphatic rings. The van der Waals surface area contributed by atoms with Gasteiger partial charge in [0.25, 0.3) is 0 Å². The molecular formula is C9H9BrN4. The van der Waals surface area contributed by atoms with Gasteiger partial charge in [-0.1, -0.05) is 29.8 Å². The molecule has 5 heteroatoms. The Morgan fingerprint density at radius 2 is 2.00 bits per heavy atom. The van der Waals surface area contributed by atoms with Crippen molar-refractivity contribution >= 4 is 15.9 Å². The fourth-order valence-corrected chi connectivity index (χ4v) is 1.42. The fourth-order valence-electron chi connectivity index (χ4n) is 1.16. The Labute approximate surface area is 90.1 Å². The summed E-state index contributed by atoms with van der Waals surface area (Å²) in [5.74, 6) is 0. The van der Waals surface area contributed by atoms with Crippen LogP contribution in [0.5, 0.6) is 0 Å². The number of rotatable bonds is 2. The molecule has 0 bridgehead atoms. The van der Waals surface area contributed by atoms with Crippen molar-refractivity contribution in [1.82, 2.24) is 20.2 Å². The SMILES string of the molecule is Cc1ccc(Cn2nnnc2Br)cc1. The normalized spacial score (nSPS) is 10.4. The van der Waals surface area contributed by atoms with Crippen LogP contribution in [-0.2, 0) is 6.54 Å². The number of tetrazole rings is 1. The Hall–Kier alpha value is -1.23. The van der Waals surface area contributed by atoms with Gasteiger partial charge in [0.05, 0.1) is 6.54 Å². The van der Waals surface area contributed by atoms with Gasteiger partial charge in [0, 0.05) is 0 Å². The minimum absolute atomic E-state index is 0.651. The summed E-state index contributed by atoms with van der Waals surface area (Å²) in [6.07, 6.45) is 0. The number of halogens is 1. The van der Waals surface area contributed by atoms with Gasteiger partial charge in [0.1, 0.15) is 0 Å². The van der Waals surface area contributed by atoms with Crippen molar-refractivity contribution in [2.45, 2.75) is 13.5 Å². The highest BCUT2D eigenvalue weighted by Gasteiger charge is 2.01. The molecular weight excluding hydrogens is 244 g/mol. The molecule has 0 radical (unpaired) electrons. The molecule has 0 spiro atoms. The molecule has 0 N–H and O–H groups in total. The van der Waals surface area contributed by atoms with E-state index in [0.717, 1.165) is 0 Å². The zero-order chi connectivity index (χ0) is 9.97. The fraction of sp³-hybridized carbons (Fsp3) is 0.222. The van der Waals surface area contributed by atoms with E-state index in [1.54, 1.807) is 4.68 Å². The molecule has 0 amide bonds. The van der Waals surface area contributed by atoms with Crippen LogP contribution >= 0.6 is 15.9 Å². The van der Waals surface area contributed by atoms with Gasteiger partial charge in [0.2, 0.25) is 4.73 Å². The zero-order valence-corrected chi connectivity index (χ0v) is 9.27. The van der Waals surface area contributed by atoms with Gasteiger partial charge in [-0.2, -0.15) is 0 Å². The quantitative estimate of drug-likeness (QED) is 0.819. The van der Waals surface area contributed by atoms with Crippen molar-refractivity contribution in [2.75, 3.05) is 0 Å². The second kappa shape index (κ2) is 3.88. The smallest absolute Gasteiger partial charge is 0.216 e. The van der Waals surface area contributed by atoms with Crippen molar-refractivity contribution in [2.24, 2.45) is 0 Å². The van der Waals surface area contributed by atoms with Crippen molar-refractivity contribution in [3.05, 3.63) is 40.1 Å². The average Bonchev–Trinajstić information content (AvgIpc) is 2.56. The van der Waals surface area contributed by atoms with Gasteiger partial charge in [0.15, 0.2) is 0 Å². The summed E-state index contributed by atoms with van der Waals surface area (Å²) in [5, 5.41) is 11.1. The molecule has 0 aliphatic carbocycles. The molecule has 2 rings (SSSR count). The van der Waals surface area contributed by atoms with Crippen LogP contribution in [0.2, 0.25) is 0 Å². The van der Waals surface area contributed by atoms with Crippen molar-refractivity contribution < 1.29 is 0 Å². The van der Waals surface area contributed by atoms with E-state index in [0.29, 0.717) is 11.3 Å². The molecule has 1 heterocycles. The van der Waals surface area contributed by atoms with Crippen LogP contribution < -0.4 is 0 Å². The molecule has 0 saturated carbocycles. The minimum atomic E-state index is 0.651.